The van der Waals surface area contributed by atoms with E-state index in [1.54, 1.807) is 40.5 Å². The van der Waals surface area contributed by atoms with Crippen molar-refractivity contribution in [3.8, 4) is 11.5 Å². The molecule has 8 heteroatoms. The molecule has 0 spiro atoms. The van der Waals surface area contributed by atoms with E-state index in [1.807, 2.05) is 31.0 Å². The van der Waals surface area contributed by atoms with Gasteiger partial charge in [-0.1, -0.05) is 12.1 Å². The van der Waals surface area contributed by atoms with Crippen LogP contribution in [0, 0.1) is 12.7 Å². The lowest BCUT2D eigenvalue weighted by Gasteiger charge is -2.25. The first kappa shape index (κ1) is 26.0. The minimum absolute atomic E-state index is 0. The van der Waals surface area contributed by atoms with E-state index >= 15 is 0 Å². The zero-order valence-electron chi connectivity index (χ0n) is 18.4. The number of nitrogens with one attached hydrogen (secondary N) is 1. The molecule has 0 saturated heterocycles. The molecule has 1 unspecified atom stereocenters. The lowest BCUT2D eigenvalue weighted by Crippen LogP contribution is -2.40. The third-order valence-electron chi connectivity index (χ3n) is 4.79. The number of aryl methyl sites for hydroxylation is 1. The lowest BCUT2D eigenvalue weighted by molar-refractivity contribution is 0.106. The predicted molar refractivity (Wildman–Crippen MR) is 129 cm³/mol. The summed E-state index contributed by atoms with van der Waals surface area (Å²) >= 11 is 0. The average molecular weight is 531 g/mol. The zero-order chi connectivity index (χ0) is 21.4. The van der Waals surface area contributed by atoms with Gasteiger partial charge in [0.1, 0.15) is 5.82 Å². The van der Waals surface area contributed by atoms with Gasteiger partial charge in [-0.05, 0) is 47.9 Å². The van der Waals surface area contributed by atoms with Crippen molar-refractivity contribution < 1.29 is 18.6 Å². The van der Waals surface area contributed by atoms with Crippen LogP contribution in [0.5, 0.6) is 11.5 Å². The van der Waals surface area contributed by atoms with Gasteiger partial charge in [-0.2, -0.15) is 0 Å². The Balaban J connectivity index is 0.00000450. The van der Waals surface area contributed by atoms with Crippen LogP contribution < -0.4 is 14.8 Å². The van der Waals surface area contributed by atoms with Crippen LogP contribution in [0.3, 0.4) is 0 Å². The van der Waals surface area contributed by atoms with Crippen LogP contribution in [0.1, 0.15) is 22.8 Å². The number of hydrogen-bond donors (Lipinski definition) is 1. The number of rotatable bonds is 8. The summed E-state index contributed by atoms with van der Waals surface area (Å²) in [6.45, 7) is 3.18. The molecule has 0 aliphatic carbocycles. The number of hydrogen-bond acceptors (Lipinski definition) is 4. The van der Waals surface area contributed by atoms with Crippen LogP contribution in [-0.4, -0.2) is 52.8 Å². The third kappa shape index (κ3) is 6.73. The molecule has 0 heterocycles. The molecule has 0 amide bonds. The van der Waals surface area contributed by atoms with Crippen molar-refractivity contribution in [3.63, 3.8) is 0 Å². The van der Waals surface area contributed by atoms with Crippen molar-refractivity contribution in [2.24, 2.45) is 4.99 Å². The topological polar surface area (TPSA) is 55.3 Å². The number of methoxy groups -OCH3 is 3. The van der Waals surface area contributed by atoms with E-state index in [2.05, 4.69) is 10.3 Å². The fourth-order valence-corrected chi connectivity index (χ4v) is 3.11. The fraction of sp³-hybridized carbons (Fsp3) is 0.409. The second-order valence-electron chi connectivity index (χ2n) is 6.69. The van der Waals surface area contributed by atoms with Crippen LogP contribution in [0.25, 0.3) is 0 Å². The Hall–Kier alpha value is -2.07. The molecular formula is C22H31FIN3O3. The molecule has 1 atom stereocenters. The Morgan fingerprint density at radius 2 is 1.70 bits per heavy atom. The van der Waals surface area contributed by atoms with E-state index in [9.17, 15) is 4.39 Å². The number of aliphatic imine (C=N–C) groups is 1. The average Bonchev–Trinajstić information content (AvgIpc) is 2.73. The minimum atomic E-state index is -0.266. The molecule has 2 aromatic carbocycles. The fourth-order valence-electron chi connectivity index (χ4n) is 3.11. The van der Waals surface area contributed by atoms with Crippen molar-refractivity contribution in [1.29, 1.82) is 0 Å². The maximum absolute atomic E-state index is 13.2. The Morgan fingerprint density at radius 1 is 1.10 bits per heavy atom. The maximum atomic E-state index is 13.2. The first-order valence-electron chi connectivity index (χ1n) is 9.35. The maximum Gasteiger partial charge on any atom is 0.193 e. The predicted octanol–water partition coefficient (Wildman–Crippen LogP) is 4.16. The van der Waals surface area contributed by atoms with Gasteiger partial charge in [0.25, 0.3) is 0 Å². The number of benzene rings is 2. The monoisotopic (exact) mass is 531 g/mol. The Kier molecular flexibility index (Phi) is 10.9. The largest absolute Gasteiger partial charge is 0.493 e. The Morgan fingerprint density at radius 3 is 2.23 bits per heavy atom. The molecule has 2 aromatic rings. The molecule has 2 rings (SSSR count). The molecule has 0 saturated carbocycles. The second-order valence-corrected chi connectivity index (χ2v) is 6.69. The highest BCUT2D eigenvalue weighted by molar-refractivity contribution is 14.0. The van der Waals surface area contributed by atoms with Crippen LogP contribution in [0.15, 0.2) is 41.4 Å². The van der Waals surface area contributed by atoms with Crippen LogP contribution in [0.2, 0.25) is 0 Å². The van der Waals surface area contributed by atoms with Crippen molar-refractivity contribution >= 4 is 29.9 Å². The van der Waals surface area contributed by atoms with Crippen molar-refractivity contribution in [2.75, 3.05) is 42.0 Å². The Bertz CT molecular complexity index is 831. The van der Waals surface area contributed by atoms with Crippen molar-refractivity contribution in [2.45, 2.75) is 19.6 Å². The van der Waals surface area contributed by atoms with Gasteiger partial charge < -0.3 is 24.4 Å². The van der Waals surface area contributed by atoms with E-state index < -0.39 is 0 Å². The van der Waals surface area contributed by atoms with Crippen LogP contribution in [0.4, 0.5) is 4.39 Å². The molecule has 0 radical (unpaired) electrons. The Labute approximate surface area is 195 Å². The minimum Gasteiger partial charge on any atom is -0.493 e. The molecule has 0 fully saturated rings. The highest BCUT2D eigenvalue weighted by Gasteiger charge is 2.15. The summed E-state index contributed by atoms with van der Waals surface area (Å²) in [6, 6.07) is 10.3. The molecule has 0 aliphatic heterocycles. The summed E-state index contributed by atoms with van der Waals surface area (Å²) in [4.78, 5) is 6.38. The second kappa shape index (κ2) is 12.6. The summed E-state index contributed by atoms with van der Waals surface area (Å²) in [5.41, 5.74) is 3.11. The molecule has 1 N–H and O–H groups in total. The van der Waals surface area contributed by atoms with Gasteiger partial charge in [0.05, 0.1) is 20.3 Å². The molecule has 0 bridgehead atoms. The normalized spacial score (nSPS) is 12.0. The molecular weight excluding hydrogens is 500 g/mol. The van der Waals surface area contributed by atoms with E-state index in [0.717, 1.165) is 22.6 Å². The van der Waals surface area contributed by atoms with Crippen LogP contribution in [-0.2, 0) is 11.3 Å². The van der Waals surface area contributed by atoms with Gasteiger partial charge in [0.15, 0.2) is 17.5 Å². The van der Waals surface area contributed by atoms with Gasteiger partial charge in [-0.3, -0.25) is 4.99 Å². The lowest BCUT2D eigenvalue weighted by atomic mass is 10.1. The molecule has 6 nitrogen and oxygen atoms in total. The van der Waals surface area contributed by atoms with Crippen LogP contribution >= 0.6 is 24.0 Å². The van der Waals surface area contributed by atoms with Gasteiger partial charge in [-0.25, -0.2) is 4.39 Å². The summed E-state index contributed by atoms with van der Waals surface area (Å²) in [6.07, 6.45) is -0.219. The first-order valence-corrected chi connectivity index (χ1v) is 9.35. The standard InChI is InChI=1S/C22H30FN3O3.HI/c1-15-11-19(27-4)20(28-5)12-17(15)14-26(3)22(24-2)25-13-21(29-6)16-7-9-18(23)10-8-16;/h7-12,21H,13-14H2,1-6H3,(H,24,25);1H. The molecule has 0 aromatic heterocycles. The quantitative estimate of drug-likeness (QED) is 0.315. The summed E-state index contributed by atoms with van der Waals surface area (Å²) in [7, 11) is 8.59. The zero-order valence-corrected chi connectivity index (χ0v) is 20.7. The SMILES string of the molecule is CN=C(NCC(OC)c1ccc(F)cc1)N(C)Cc1cc(OC)c(OC)cc1C.I. The van der Waals surface area contributed by atoms with Crippen molar-refractivity contribution in [1.82, 2.24) is 10.2 Å². The summed E-state index contributed by atoms with van der Waals surface area (Å²) in [5, 5.41) is 3.33. The first-order chi connectivity index (χ1) is 13.9. The van der Waals surface area contributed by atoms with Gasteiger partial charge in [-0.15, -0.1) is 24.0 Å². The summed E-state index contributed by atoms with van der Waals surface area (Å²) < 4.78 is 29.5. The van der Waals surface area contributed by atoms with E-state index in [1.165, 1.54) is 12.1 Å². The number of halogens is 2. The van der Waals surface area contributed by atoms with E-state index in [-0.39, 0.29) is 35.9 Å². The van der Waals surface area contributed by atoms with E-state index in [4.69, 9.17) is 14.2 Å². The highest BCUT2D eigenvalue weighted by Crippen LogP contribution is 2.30. The highest BCUT2D eigenvalue weighted by atomic mass is 127. The van der Waals surface area contributed by atoms with Gasteiger partial charge >= 0.3 is 0 Å². The van der Waals surface area contributed by atoms with Gasteiger partial charge in [0.2, 0.25) is 0 Å². The molecule has 0 aliphatic rings. The molecule has 166 valence electrons. The van der Waals surface area contributed by atoms with Gasteiger partial charge in [0, 0.05) is 34.3 Å². The number of nitrogens with zero attached hydrogens (tertiary/aromatic N) is 2. The number of ether oxygens (including phenoxy) is 3. The molecule has 30 heavy (non-hydrogen) atoms. The van der Waals surface area contributed by atoms with E-state index in [0.29, 0.717) is 24.6 Å². The smallest absolute Gasteiger partial charge is 0.193 e. The van der Waals surface area contributed by atoms with Crippen molar-refractivity contribution in [3.05, 3.63) is 58.9 Å². The number of guanidine groups is 1. The third-order valence-corrected chi connectivity index (χ3v) is 4.79. The summed E-state index contributed by atoms with van der Waals surface area (Å²) in [5.74, 6) is 1.86.